The van der Waals surface area contributed by atoms with Crippen LogP contribution < -0.4 is 5.32 Å². The largest absolute Gasteiger partial charge is 0.463 e. The molecule has 1 unspecified atom stereocenters. The van der Waals surface area contributed by atoms with E-state index in [4.69, 9.17) is 4.74 Å². The molecule has 0 saturated carbocycles. The van der Waals surface area contributed by atoms with Crippen LogP contribution in [0.4, 0.5) is 18.9 Å². The number of amides is 1. The summed E-state index contributed by atoms with van der Waals surface area (Å²) in [6, 6.07) is 7.91. The molecule has 0 aliphatic heterocycles. The summed E-state index contributed by atoms with van der Waals surface area (Å²) >= 11 is 0. The first-order valence-electron chi connectivity index (χ1n) is 8.90. The first-order valence-corrected chi connectivity index (χ1v) is 8.90. The van der Waals surface area contributed by atoms with Gasteiger partial charge in [-0.2, -0.15) is 13.2 Å². The number of carbonyl (C=O) groups excluding carboxylic acids is 2. The normalized spacial score (nSPS) is 12.3. The lowest BCUT2D eigenvalue weighted by molar-refractivity contribution is -0.385. The van der Waals surface area contributed by atoms with Gasteiger partial charge in [0, 0.05) is 11.6 Å². The molecule has 0 spiro atoms. The fourth-order valence-corrected chi connectivity index (χ4v) is 2.72. The van der Waals surface area contributed by atoms with Crippen LogP contribution in [-0.4, -0.2) is 22.9 Å². The van der Waals surface area contributed by atoms with Crippen molar-refractivity contribution in [3.8, 4) is 0 Å². The number of halogens is 3. The van der Waals surface area contributed by atoms with Gasteiger partial charge in [-0.1, -0.05) is 18.2 Å². The van der Waals surface area contributed by atoms with Gasteiger partial charge in [0.05, 0.1) is 34.6 Å². The fourth-order valence-electron chi connectivity index (χ4n) is 2.72. The Morgan fingerprint density at radius 3 is 2.23 bits per heavy atom. The first kappa shape index (κ1) is 22.9. The molecule has 0 bridgehead atoms. The zero-order chi connectivity index (χ0) is 22.5. The summed E-state index contributed by atoms with van der Waals surface area (Å²) < 4.78 is 43.2. The van der Waals surface area contributed by atoms with Crippen molar-refractivity contribution in [3.63, 3.8) is 0 Å². The van der Waals surface area contributed by atoms with Crippen molar-refractivity contribution in [1.29, 1.82) is 0 Å². The molecule has 0 aliphatic carbocycles. The highest BCUT2D eigenvalue weighted by molar-refractivity contribution is 5.94. The van der Waals surface area contributed by atoms with E-state index in [1.807, 2.05) is 0 Å². The van der Waals surface area contributed by atoms with Gasteiger partial charge in [0.25, 0.3) is 11.6 Å². The lowest BCUT2D eigenvalue weighted by atomic mass is 10.0. The molecule has 0 heterocycles. The van der Waals surface area contributed by atoms with Gasteiger partial charge in [-0.15, -0.1) is 0 Å². The predicted octanol–water partition coefficient (Wildman–Crippen LogP) is 4.43. The maximum absolute atomic E-state index is 12.7. The number of hydrogen-bond donors (Lipinski definition) is 1. The summed E-state index contributed by atoms with van der Waals surface area (Å²) in [7, 11) is 0. The van der Waals surface area contributed by atoms with Crippen molar-refractivity contribution in [2.75, 3.05) is 0 Å². The van der Waals surface area contributed by atoms with Crippen LogP contribution in [-0.2, 0) is 15.7 Å². The maximum atomic E-state index is 12.7. The van der Waals surface area contributed by atoms with Gasteiger partial charge in [-0.3, -0.25) is 19.7 Å². The van der Waals surface area contributed by atoms with E-state index in [1.165, 1.54) is 24.3 Å². The number of rotatable bonds is 7. The highest BCUT2D eigenvalue weighted by Crippen LogP contribution is 2.30. The lowest BCUT2D eigenvalue weighted by Gasteiger charge is -2.19. The standard InChI is InChI=1S/C20H19F3N2O5/c1-12(2)30-18(26)11-16(15-5-3-4-6-17(15)25(28)29)24-19(27)13-7-9-14(10-8-13)20(21,22)23/h3-10,12,16H,11H2,1-2H3,(H,24,27). The highest BCUT2D eigenvalue weighted by atomic mass is 19.4. The SMILES string of the molecule is CC(C)OC(=O)CC(NC(=O)c1ccc(C(F)(F)F)cc1)c1ccccc1[N+](=O)[O-]. The van der Waals surface area contributed by atoms with Crippen LogP contribution in [0.2, 0.25) is 0 Å². The number of esters is 1. The molecule has 0 saturated heterocycles. The molecule has 1 N–H and O–H groups in total. The first-order chi connectivity index (χ1) is 14.0. The summed E-state index contributed by atoms with van der Waals surface area (Å²) in [6.07, 6.45) is -5.38. The van der Waals surface area contributed by atoms with Crippen LogP contribution in [0.25, 0.3) is 0 Å². The van der Waals surface area contributed by atoms with Crippen molar-refractivity contribution >= 4 is 17.6 Å². The van der Waals surface area contributed by atoms with Crippen LogP contribution in [0.1, 0.15) is 47.8 Å². The Morgan fingerprint density at radius 2 is 1.70 bits per heavy atom. The number of nitrogens with zero attached hydrogens (tertiary/aromatic N) is 1. The number of ether oxygens (including phenoxy) is 1. The van der Waals surface area contributed by atoms with Gasteiger partial charge < -0.3 is 10.1 Å². The second kappa shape index (κ2) is 9.38. The van der Waals surface area contributed by atoms with E-state index in [0.717, 1.165) is 24.3 Å². The minimum Gasteiger partial charge on any atom is -0.463 e. The van der Waals surface area contributed by atoms with Crippen LogP contribution in [0.3, 0.4) is 0 Å². The molecule has 2 aromatic rings. The highest BCUT2D eigenvalue weighted by Gasteiger charge is 2.31. The summed E-state index contributed by atoms with van der Waals surface area (Å²) in [6.45, 7) is 3.25. The number of alkyl halides is 3. The topological polar surface area (TPSA) is 98.5 Å². The van der Waals surface area contributed by atoms with Crippen LogP contribution in [0.5, 0.6) is 0 Å². The van der Waals surface area contributed by atoms with E-state index in [-0.39, 0.29) is 16.8 Å². The monoisotopic (exact) mass is 424 g/mol. The van der Waals surface area contributed by atoms with Crippen molar-refractivity contribution in [2.45, 2.75) is 38.6 Å². The third kappa shape index (κ3) is 6.03. The number of nitro groups is 1. The molecule has 2 aromatic carbocycles. The Kier molecular flexibility index (Phi) is 7.14. The van der Waals surface area contributed by atoms with Crippen molar-refractivity contribution < 1.29 is 32.4 Å². The zero-order valence-corrected chi connectivity index (χ0v) is 16.1. The van der Waals surface area contributed by atoms with E-state index < -0.39 is 47.1 Å². The molecule has 7 nitrogen and oxygen atoms in total. The summed E-state index contributed by atoms with van der Waals surface area (Å²) in [5, 5.41) is 13.8. The Bertz CT molecular complexity index is 927. The van der Waals surface area contributed by atoms with E-state index >= 15 is 0 Å². The lowest BCUT2D eigenvalue weighted by Crippen LogP contribution is -2.31. The molecular formula is C20H19F3N2O5. The zero-order valence-electron chi connectivity index (χ0n) is 16.1. The molecule has 0 aromatic heterocycles. The molecule has 0 aliphatic rings. The number of para-hydroxylation sites is 1. The molecule has 30 heavy (non-hydrogen) atoms. The third-order valence-electron chi connectivity index (χ3n) is 4.03. The smallest absolute Gasteiger partial charge is 0.416 e. The minimum atomic E-state index is -4.55. The molecule has 160 valence electrons. The molecule has 10 heteroatoms. The second-order valence-electron chi connectivity index (χ2n) is 6.66. The van der Waals surface area contributed by atoms with E-state index in [2.05, 4.69) is 5.32 Å². The predicted molar refractivity (Wildman–Crippen MR) is 101 cm³/mol. The Morgan fingerprint density at radius 1 is 1.10 bits per heavy atom. The number of nitro benzene ring substituents is 1. The molecule has 0 radical (unpaired) electrons. The quantitative estimate of drug-likeness (QED) is 0.403. The molecule has 0 fully saturated rings. The summed E-state index contributed by atoms with van der Waals surface area (Å²) in [5.74, 6) is -1.48. The van der Waals surface area contributed by atoms with E-state index in [0.29, 0.717) is 0 Å². The average Bonchev–Trinajstić information content (AvgIpc) is 2.66. The van der Waals surface area contributed by atoms with Crippen molar-refractivity contribution in [2.24, 2.45) is 0 Å². The Labute approximate surface area is 170 Å². The Hall–Kier alpha value is -3.43. The summed E-state index contributed by atoms with van der Waals surface area (Å²) in [4.78, 5) is 35.4. The molecule has 1 amide bonds. The number of benzene rings is 2. The number of nitrogens with one attached hydrogen (secondary N) is 1. The second-order valence-corrected chi connectivity index (χ2v) is 6.66. The van der Waals surface area contributed by atoms with Crippen molar-refractivity contribution in [1.82, 2.24) is 5.32 Å². The van der Waals surface area contributed by atoms with E-state index in [9.17, 15) is 32.9 Å². The van der Waals surface area contributed by atoms with Crippen molar-refractivity contribution in [3.05, 3.63) is 75.3 Å². The van der Waals surface area contributed by atoms with Crippen LogP contribution in [0.15, 0.2) is 48.5 Å². The van der Waals surface area contributed by atoms with Gasteiger partial charge in [-0.25, -0.2) is 0 Å². The van der Waals surface area contributed by atoms with Gasteiger partial charge >= 0.3 is 12.1 Å². The molecule has 1 atom stereocenters. The maximum Gasteiger partial charge on any atom is 0.416 e. The minimum absolute atomic E-state index is 0.0727. The average molecular weight is 424 g/mol. The fraction of sp³-hybridized carbons (Fsp3) is 0.300. The van der Waals surface area contributed by atoms with Crippen LogP contribution in [0, 0.1) is 10.1 Å². The number of carbonyl (C=O) groups is 2. The van der Waals surface area contributed by atoms with Crippen LogP contribution >= 0.6 is 0 Å². The Balaban J connectivity index is 2.32. The van der Waals surface area contributed by atoms with Gasteiger partial charge in [0.2, 0.25) is 0 Å². The number of hydrogen-bond acceptors (Lipinski definition) is 5. The molecular weight excluding hydrogens is 405 g/mol. The summed E-state index contributed by atoms with van der Waals surface area (Å²) in [5.41, 5.74) is -1.25. The van der Waals surface area contributed by atoms with Gasteiger partial charge in [0.15, 0.2) is 0 Å². The van der Waals surface area contributed by atoms with Gasteiger partial charge in [-0.05, 0) is 38.1 Å². The third-order valence-corrected chi connectivity index (χ3v) is 4.03. The van der Waals surface area contributed by atoms with Gasteiger partial charge in [0.1, 0.15) is 0 Å². The molecule has 2 rings (SSSR count). The van der Waals surface area contributed by atoms with E-state index in [1.54, 1.807) is 13.8 Å².